The van der Waals surface area contributed by atoms with E-state index in [0.717, 1.165) is 10.7 Å². The maximum atomic E-state index is 9.74. The number of aliphatic hydroxyl groups is 1. The summed E-state index contributed by atoms with van der Waals surface area (Å²) < 4.78 is 5.12. The number of hydrogen-bond acceptors (Lipinski definition) is 6. The van der Waals surface area contributed by atoms with Crippen molar-refractivity contribution in [1.82, 2.24) is 15.1 Å². The van der Waals surface area contributed by atoms with E-state index in [9.17, 15) is 5.11 Å². The minimum Gasteiger partial charge on any atom is -0.392 e. The molecule has 2 heterocycles. The van der Waals surface area contributed by atoms with Gasteiger partial charge in [-0.25, -0.2) is 4.98 Å². The monoisotopic (exact) mass is 267 g/mol. The van der Waals surface area contributed by atoms with E-state index in [1.807, 2.05) is 26.2 Å². The van der Waals surface area contributed by atoms with Crippen molar-refractivity contribution in [3.63, 3.8) is 0 Å². The van der Waals surface area contributed by atoms with Gasteiger partial charge in [0.05, 0.1) is 29.6 Å². The van der Waals surface area contributed by atoms with Crippen LogP contribution in [0.2, 0.25) is 0 Å². The molecule has 2 rings (SSSR count). The van der Waals surface area contributed by atoms with Gasteiger partial charge in [-0.15, -0.1) is 11.3 Å². The molecule has 1 atom stereocenters. The van der Waals surface area contributed by atoms with Crippen LogP contribution in [-0.4, -0.2) is 26.3 Å². The molecule has 0 amide bonds. The topological polar surface area (TPSA) is 72.0 Å². The summed E-state index contributed by atoms with van der Waals surface area (Å²) >= 11 is 1.61. The van der Waals surface area contributed by atoms with Crippen molar-refractivity contribution in [2.75, 3.05) is 0 Å². The predicted molar refractivity (Wildman–Crippen MR) is 68.5 cm³/mol. The van der Waals surface area contributed by atoms with Crippen molar-refractivity contribution in [2.45, 2.75) is 39.7 Å². The summed E-state index contributed by atoms with van der Waals surface area (Å²) in [4.78, 5) is 8.62. The Bertz CT molecular complexity index is 507. The lowest BCUT2D eigenvalue weighted by Gasteiger charge is -2.10. The first-order valence-corrected chi connectivity index (χ1v) is 6.83. The minimum atomic E-state index is -0.445. The number of aryl methyl sites for hydroxylation is 1. The van der Waals surface area contributed by atoms with Gasteiger partial charge in [0, 0.05) is 5.38 Å². The third-order valence-corrected chi connectivity index (χ3v) is 3.49. The van der Waals surface area contributed by atoms with Crippen LogP contribution in [0.3, 0.4) is 0 Å². The van der Waals surface area contributed by atoms with Crippen molar-refractivity contribution in [3.05, 3.63) is 27.8 Å². The fourth-order valence-electron chi connectivity index (χ4n) is 1.51. The molecule has 2 aromatic heterocycles. The molecule has 0 aliphatic carbocycles. The van der Waals surface area contributed by atoms with Crippen LogP contribution in [0.4, 0.5) is 0 Å². The number of nitrogens with zero attached hydrogens (tertiary/aromatic N) is 3. The summed E-state index contributed by atoms with van der Waals surface area (Å²) in [5.74, 6) is 1.28. The maximum absolute atomic E-state index is 9.74. The van der Waals surface area contributed by atoms with Crippen LogP contribution in [0.5, 0.6) is 0 Å². The Labute approximate surface area is 110 Å². The highest BCUT2D eigenvalue weighted by Crippen LogP contribution is 2.13. The zero-order valence-electron chi connectivity index (χ0n) is 10.8. The molecule has 18 heavy (non-hydrogen) atoms. The van der Waals surface area contributed by atoms with E-state index in [2.05, 4.69) is 15.1 Å². The third-order valence-electron chi connectivity index (χ3n) is 2.67. The van der Waals surface area contributed by atoms with Crippen molar-refractivity contribution in [1.29, 1.82) is 0 Å². The summed E-state index contributed by atoms with van der Waals surface area (Å²) in [6.07, 6.45) is 0.534. The second-order valence-corrected chi connectivity index (χ2v) is 5.72. The Morgan fingerprint density at radius 2 is 2.17 bits per heavy atom. The zero-order chi connectivity index (χ0) is 13.1. The minimum absolute atomic E-state index is 0.182. The highest BCUT2D eigenvalue weighted by atomic mass is 32.1. The molecule has 0 fully saturated rings. The van der Waals surface area contributed by atoms with Crippen LogP contribution in [0.25, 0.3) is 0 Å². The molecular weight excluding hydrogens is 250 g/mol. The Morgan fingerprint density at radius 3 is 2.78 bits per heavy atom. The van der Waals surface area contributed by atoms with Crippen molar-refractivity contribution in [2.24, 2.45) is 5.92 Å². The summed E-state index contributed by atoms with van der Waals surface area (Å²) in [6.45, 7) is 5.88. The lowest BCUT2D eigenvalue weighted by atomic mass is 10.0. The van der Waals surface area contributed by atoms with Crippen LogP contribution in [0, 0.1) is 12.8 Å². The molecule has 2 aromatic rings. The number of rotatable bonds is 5. The zero-order valence-corrected chi connectivity index (χ0v) is 11.6. The maximum Gasteiger partial charge on any atom is 0.229 e. The van der Waals surface area contributed by atoms with Gasteiger partial charge in [-0.05, 0) is 12.8 Å². The second-order valence-electron chi connectivity index (χ2n) is 4.65. The first-order chi connectivity index (χ1) is 8.54. The average molecular weight is 267 g/mol. The van der Waals surface area contributed by atoms with E-state index in [0.29, 0.717) is 24.6 Å². The SMILES string of the molecule is Cc1nc(Cc2noc(CC(O)C(C)C)n2)cs1. The van der Waals surface area contributed by atoms with Gasteiger partial charge < -0.3 is 9.63 Å². The quantitative estimate of drug-likeness (QED) is 0.897. The smallest absolute Gasteiger partial charge is 0.229 e. The Balaban J connectivity index is 1.98. The molecule has 6 heteroatoms. The first-order valence-electron chi connectivity index (χ1n) is 5.95. The molecule has 1 unspecified atom stereocenters. The summed E-state index contributed by atoms with van der Waals surface area (Å²) in [7, 11) is 0. The molecule has 98 valence electrons. The van der Waals surface area contributed by atoms with E-state index >= 15 is 0 Å². The third kappa shape index (κ3) is 3.36. The second kappa shape index (κ2) is 5.58. The lowest BCUT2D eigenvalue weighted by Crippen LogP contribution is -2.17. The summed E-state index contributed by atoms with van der Waals surface area (Å²) in [6, 6.07) is 0. The van der Waals surface area contributed by atoms with Gasteiger partial charge in [0.15, 0.2) is 5.82 Å². The number of aliphatic hydroxyl groups excluding tert-OH is 1. The van der Waals surface area contributed by atoms with E-state index in [1.54, 1.807) is 11.3 Å². The molecule has 5 nitrogen and oxygen atoms in total. The summed E-state index contributed by atoms with van der Waals surface area (Å²) in [5, 5.41) is 16.7. The molecule has 0 aliphatic heterocycles. The molecule has 1 N–H and O–H groups in total. The molecule has 0 aliphatic rings. The standard InChI is InChI=1S/C12H17N3O2S/c1-7(2)10(16)5-12-14-11(15-17-12)4-9-6-18-8(3)13-9/h6-7,10,16H,4-5H2,1-3H3. The molecule has 0 bridgehead atoms. The normalized spacial score (nSPS) is 13.2. The molecule has 0 radical (unpaired) electrons. The van der Waals surface area contributed by atoms with Gasteiger partial charge in [-0.1, -0.05) is 19.0 Å². The first kappa shape index (κ1) is 13.2. The van der Waals surface area contributed by atoms with E-state index in [1.165, 1.54) is 0 Å². The highest BCUT2D eigenvalue weighted by Gasteiger charge is 2.15. The van der Waals surface area contributed by atoms with Gasteiger partial charge >= 0.3 is 0 Å². The Kier molecular flexibility index (Phi) is 4.08. The van der Waals surface area contributed by atoms with E-state index in [4.69, 9.17) is 4.52 Å². The van der Waals surface area contributed by atoms with Gasteiger partial charge in [0.1, 0.15) is 0 Å². The largest absolute Gasteiger partial charge is 0.392 e. The summed E-state index contributed by atoms with van der Waals surface area (Å²) in [5.41, 5.74) is 0.953. The van der Waals surface area contributed by atoms with Crippen molar-refractivity contribution in [3.8, 4) is 0 Å². The van der Waals surface area contributed by atoms with Gasteiger partial charge in [-0.3, -0.25) is 0 Å². The van der Waals surface area contributed by atoms with Gasteiger partial charge in [0.2, 0.25) is 5.89 Å². The van der Waals surface area contributed by atoms with Crippen molar-refractivity contribution >= 4 is 11.3 Å². The van der Waals surface area contributed by atoms with Gasteiger partial charge in [-0.2, -0.15) is 4.98 Å². The van der Waals surface area contributed by atoms with Crippen LogP contribution in [0.1, 0.15) is 36.3 Å². The van der Waals surface area contributed by atoms with Crippen molar-refractivity contribution < 1.29 is 9.63 Å². The van der Waals surface area contributed by atoms with Crippen LogP contribution in [0.15, 0.2) is 9.90 Å². The lowest BCUT2D eigenvalue weighted by molar-refractivity contribution is 0.116. The van der Waals surface area contributed by atoms with E-state index in [-0.39, 0.29) is 5.92 Å². The van der Waals surface area contributed by atoms with Crippen LogP contribution in [-0.2, 0) is 12.8 Å². The molecule has 0 spiro atoms. The molecule has 0 saturated heterocycles. The van der Waals surface area contributed by atoms with Crippen LogP contribution >= 0.6 is 11.3 Å². The molecule has 0 aromatic carbocycles. The Morgan fingerprint density at radius 1 is 1.39 bits per heavy atom. The fourth-order valence-corrected chi connectivity index (χ4v) is 2.12. The molecular formula is C12H17N3O2S. The Hall–Kier alpha value is -1.27. The number of thiazole rings is 1. The van der Waals surface area contributed by atoms with E-state index < -0.39 is 6.10 Å². The van der Waals surface area contributed by atoms with Gasteiger partial charge in [0.25, 0.3) is 0 Å². The highest BCUT2D eigenvalue weighted by molar-refractivity contribution is 7.09. The van der Waals surface area contributed by atoms with Crippen LogP contribution < -0.4 is 0 Å². The number of aromatic nitrogens is 3. The number of hydrogen-bond donors (Lipinski definition) is 1. The fraction of sp³-hybridized carbons (Fsp3) is 0.583. The predicted octanol–water partition coefficient (Wildman–Crippen LogP) is 1.98. The molecule has 0 saturated carbocycles. The average Bonchev–Trinajstić information content (AvgIpc) is 2.89.